The molecule has 1 aromatic heterocycles. The number of hydrogen-bond acceptors (Lipinski definition) is 3. The van der Waals surface area contributed by atoms with Gasteiger partial charge in [0.05, 0.1) is 22.7 Å². The van der Waals surface area contributed by atoms with E-state index in [0.29, 0.717) is 6.54 Å². The van der Waals surface area contributed by atoms with Crippen LogP contribution >= 0.6 is 11.3 Å². The molecule has 22 heavy (non-hydrogen) atoms. The molecule has 2 rings (SSSR count). The predicted molar refractivity (Wildman–Crippen MR) is 87.4 cm³/mol. The van der Waals surface area contributed by atoms with Gasteiger partial charge in [-0.2, -0.15) is 0 Å². The number of carbonyl (C=O) groups excluding carboxylic acids is 1. The molecule has 0 saturated carbocycles. The summed E-state index contributed by atoms with van der Waals surface area (Å²) in [5, 5.41) is 3.07. The van der Waals surface area contributed by atoms with Gasteiger partial charge in [0.15, 0.2) is 0 Å². The van der Waals surface area contributed by atoms with Gasteiger partial charge in [0.1, 0.15) is 5.82 Å². The van der Waals surface area contributed by atoms with Crippen molar-refractivity contribution in [2.24, 2.45) is 0 Å². The number of hydrogen-bond donors (Lipinski definition) is 0. The number of nitrogens with zero attached hydrogens (tertiary/aromatic N) is 2. The molecule has 0 N–H and O–H groups in total. The van der Waals surface area contributed by atoms with Crippen molar-refractivity contribution < 1.29 is 9.18 Å². The van der Waals surface area contributed by atoms with Crippen LogP contribution in [0.2, 0.25) is 0 Å². The molecule has 1 heterocycles. The highest BCUT2D eigenvalue weighted by atomic mass is 32.1. The fourth-order valence-electron chi connectivity index (χ4n) is 2.37. The van der Waals surface area contributed by atoms with Crippen LogP contribution < -0.4 is 0 Å². The van der Waals surface area contributed by atoms with Gasteiger partial charge in [-0.25, -0.2) is 9.37 Å². The first kappa shape index (κ1) is 16.6. The van der Waals surface area contributed by atoms with E-state index >= 15 is 0 Å². The second-order valence-electron chi connectivity index (χ2n) is 5.88. The number of halogens is 1. The van der Waals surface area contributed by atoms with E-state index in [-0.39, 0.29) is 11.7 Å². The molecule has 0 fully saturated rings. The van der Waals surface area contributed by atoms with Gasteiger partial charge in [-0.3, -0.25) is 4.79 Å². The van der Waals surface area contributed by atoms with Crippen LogP contribution in [0.1, 0.15) is 37.0 Å². The minimum Gasteiger partial charge on any atom is -0.339 e. The average Bonchev–Trinajstić information content (AvgIpc) is 2.94. The summed E-state index contributed by atoms with van der Waals surface area (Å²) in [6, 6.07) is 6.11. The van der Waals surface area contributed by atoms with E-state index in [0.717, 1.165) is 22.7 Å². The zero-order valence-corrected chi connectivity index (χ0v) is 14.2. The highest BCUT2D eigenvalue weighted by Crippen LogP contribution is 2.26. The number of aryl methyl sites for hydroxylation is 1. The standard InChI is InChI=1S/C17H21FN2OS/c1-5-15-19-14(11-22-15)10-20(4)16(21)17(2,3)12-6-8-13(18)9-7-12/h6-9,11H,5,10H2,1-4H3. The Morgan fingerprint density at radius 2 is 1.95 bits per heavy atom. The van der Waals surface area contributed by atoms with Crippen LogP contribution in [0.5, 0.6) is 0 Å². The molecular formula is C17H21FN2OS. The summed E-state index contributed by atoms with van der Waals surface area (Å²) < 4.78 is 13.1. The summed E-state index contributed by atoms with van der Waals surface area (Å²) in [6.07, 6.45) is 0.906. The van der Waals surface area contributed by atoms with Crippen molar-refractivity contribution in [2.45, 2.75) is 39.2 Å². The number of amides is 1. The molecule has 0 spiro atoms. The van der Waals surface area contributed by atoms with E-state index in [9.17, 15) is 9.18 Å². The lowest BCUT2D eigenvalue weighted by atomic mass is 9.83. The number of carbonyl (C=O) groups is 1. The molecule has 0 atom stereocenters. The smallest absolute Gasteiger partial charge is 0.232 e. The summed E-state index contributed by atoms with van der Waals surface area (Å²) in [7, 11) is 1.78. The molecule has 0 saturated heterocycles. The van der Waals surface area contributed by atoms with Gasteiger partial charge >= 0.3 is 0 Å². The highest BCUT2D eigenvalue weighted by molar-refractivity contribution is 7.09. The average molecular weight is 320 g/mol. The molecule has 118 valence electrons. The van der Waals surface area contributed by atoms with Crippen LogP contribution in [0.4, 0.5) is 4.39 Å². The maximum atomic E-state index is 13.1. The largest absolute Gasteiger partial charge is 0.339 e. The van der Waals surface area contributed by atoms with Crippen molar-refractivity contribution in [2.75, 3.05) is 7.05 Å². The molecule has 1 aromatic carbocycles. The SMILES string of the molecule is CCc1nc(CN(C)C(=O)C(C)(C)c2ccc(F)cc2)cs1. The molecule has 0 unspecified atom stereocenters. The summed E-state index contributed by atoms with van der Waals surface area (Å²) in [5.74, 6) is -0.305. The Morgan fingerprint density at radius 3 is 2.50 bits per heavy atom. The summed E-state index contributed by atoms with van der Waals surface area (Å²) in [6.45, 7) is 6.27. The van der Waals surface area contributed by atoms with Crippen LogP contribution in [-0.2, 0) is 23.2 Å². The van der Waals surface area contributed by atoms with E-state index in [2.05, 4.69) is 11.9 Å². The molecule has 0 bridgehead atoms. The van der Waals surface area contributed by atoms with Crippen molar-refractivity contribution in [3.05, 3.63) is 51.7 Å². The van der Waals surface area contributed by atoms with Crippen molar-refractivity contribution in [1.82, 2.24) is 9.88 Å². The second kappa shape index (κ2) is 6.57. The zero-order chi connectivity index (χ0) is 16.3. The Balaban J connectivity index is 2.12. The van der Waals surface area contributed by atoms with Crippen LogP contribution in [0.15, 0.2) is 29.6 Å². The fourth-order valence-corrected chi connectivity index (χ4v) is 3.10. The van der Waals surface area contributed by atoms with E-state index in [4.69, 9.17) is 0 Å². The van der Waals surface area contributed by atoms with E-state index < -0.39 is 5.41 Å². The van der Waals surface area contributed by atoms with Gasteiger partial charge in [-0.05, 0) is 38.0 Å². The van der Waals surface area contributed by atoms with Gasteiger partial charge in [0.2, 0.25) is 5.91 Å². The predicted octanol–water partition coefficient (Wildman–Crippen LogP) is 3.78. The van der Waals surface area contributed by atoms with E-state index in [1.807, 2.05) is 19.2 Å². The Hall–Kier alpha value is -1.75. The summed E-state index contributed by atoms with van der Waals surface area (Å²) in [5.41, 5.74) is 1.01. The molecule has 0 radical (unpaired) electrons. The molecule has 2 aromatic rings. The summed E-state index contributed by atoms with van der Waals surface area (Å²) in [4.78, 5) is 18.9. The first-order chi connectivity index (χ1) is 10.3. The Morgan fingerprint density at radius 1 is 1.32 bits per heavy atom. The molecule has 0 aliphatic carbocycles. The number of likely N-dealkylation sites (N-methyl/N-ethyl adjacent to an activating group) is 1. The number of benzene rings is 1. The maximum Gasteiger partial charge on any atom is 0.232 e. The molecule has 1 amide bonds. The number of thiazole rings is 1. The zero-order valence-electron chi connectivity index (χ0n) is 13.4. The van der Waals surface area contributed by atoms with E-state index in [1.165, 1.54) is 12.1 Å². The van der Waals surface area contributed by atoms with Crippen molar-refractivity contribution >= 4 is 17.2 Å². The van der Waals surface area contributed by atoms with Gasteiger partial charge < -0.3 is 4.90 Å². The topological polar surface area (TPSA) is 33.2 Å². The number of rotatable bonds is 5. The molecule has 0 aliphatic rings. The lowest BCUT2D eigenvalue weighted by molar-refractivity contribution is -0.135. The highest BCUT2D eigenvalue weighted by Gasteiger charge is 2.32. The third-order valence-electron chi connectivity index (χ3n) is 3.75. The third kappa shape index (κ3) is 3.53. The van der Waals surface area contributed by atoms with Crippen molar-refractivity contribution in [3.63, 3.8) is 0 Å². The second-order valence-corrected chi connectivity index (χ2v) is 6.82. The quantitative estimate of drug-likeness (QED) is 0.840. The maximum absolute atomic E-state index is 13.1. The van der Waals surface area contributed by atoms with Gasteiger partial charge in [0.25, 0.3) is 0 Å². The Labute approximate surface area is 134 Å². The molecular weight excluding hydrogens is 299 g/mol. The van der Waals surface area contributed by atoms with Crippen molar-refractivity contribution in [3.8, 4) is 0 Å². The molecule has 5 heteroatoms. The monoisotopic (exact) mass is 320 g/mol. The van der Waals surface area contributed by atoms with Crippen LogP contribution in [0.3, 0.4) is 0 Å². The first-order valence-corrected chi connectivity index (χ1v) is 8.17. The lowest BCUT2D eigenvalue weighted by Crippen LogP contribution is -2.41. The Bertz CT molecular complexity index is 649. The number of aromatic nitrogens is 1. The van der Waals surface area contributed by atoms with Crippen molar-refractivity contribution in [1.29, 1.82) is 0 Å². The van der Waals surface area contributed by atoms with Crippen LogP contribution in [0.25, 0.3) is 0 Å². The van der Waals surface area contributed by atoms with Crippen LogP contribution in [0, 0.1) is 5.82 Å². The van der Waals surface area contributed by atoms with E-state index in [1.54, 1.807) is 35.4 Å². The molecule has 3 nitrogen and oxygen atoms in total. The minimum atomic E-state index is -0.702. The molecule has 0 aliphatic heterocycles. The third-order valence-corrected chi connectivity index (χ3v) is 4.79. The van der Waals surface area contributed by atoms with Gasteiger partial charge in [-0.1, -0.05) is 19.1 Å². The lowest BCUT2D eigenvalue weighted by Gasteiger charge is -2.29. The van der Waals surface area contributed by atoms with Gasteiger partial charge in [0, 0.05) is 12.4 Å². The summed E-state index contributed by atoms with van der Waals surface area (Å²) >= 11 is 1.62. The minimum absolute atomic E-state index is 0.00911. The van der Waals surface area contributed by atoms with Crippen LogP contribution in [-0.4, -0.2) is 22.8 Å². The first-order valence-electron chi connectivity index (χ1n) is 7.29. The van der Waals surface area contributed by atoms with Gasteiger partial charge in [-0.15, -0.1) is 11.3 Å². The Kier molecular flexibility index (Phi) is 4.96. The normalized spacial score (nSPS) is 11.5. The fraction of sp³-hybridized carbons (Fsp3) is 0.412.